The van der Waals surface area contributed by atoms with Gasteiger partial charge in [-0.1, -0.05) is 15.9 Å². The Morgan fingerprint density at radius 2 is 1.19 bits per heavy atom. The van der Waals surface area contributed by atoms with Gasteiger partial charge in [0.05, 0.1) is 6.61 Å². The number of hydrogen-bond donors (Lipinski definition) is 5. The first-order valence-corrected chi connectivity index (χ1v) is 11.5. The molecule has 0 spiro atoms. The van der Waals surface area contributed by atoms with Crippen LogP contribution in [0.15, 0.2) is 0 Å². The molecule has 2 rings (SSSR count). The lowest BCUT2D eigenvalue weighted by Crippen LogP contribution is -2.60. The first-order valence-electron chi connectivity index (χ1n) is 10.6. The Hall–Kier alpha value is -1.92. The Bertz CT molecular complexity index is 759. The molecule has 10 atom stereocenters. The van der Waals surface area contributed by atoms with Gasteiger partial charge in [-0.15, -0.1) is 0 Å². The maximum atomic E-state index is 11.4. The summed E-state index contributed by atoms with van der Waals surface area (Å²) < 4.78 is 30.5. The number of aliphatic hydroxyl groups excluding tert-OH is 5. The van der Waals surface area contributed by atoms with Crippen LogP contribution in [0, 0.1) is 0 Å². The number of esters is 4. The van der Waals surface area contributed by atoms with Crippen LogP contribution in [0.5, 0.6) is 0 Å². The van der Waals surface area contributed by atoms with Crippen molar-refractivity contribution in [1.82, 2.24) is 0 Å². The lowest BCUT2D eigenvalue weighted by atomic mass is 9.99. The average Bonchev–Trinajstić information content (AvgIpc) is 2.77. The molecule has 0 bridgehead atoms. The van der Waals surface area contributed by atoms with Crippen LogP contribution in [-0.2, 0) is 47.6 Å². The molecule has 2 fully saturated rings. The van der Waals surface area contributed by atoms with Gasteiger partial charge < -0.3 is 54.0 Å². The maximum absolute atomic E-state index is 11.4. The lowest BCUT2D eigenvalue weighted by molar-refractivity contribution is -0.286. The third-order valence-corrected chi connectivity index (χ3v) is 5.54. The topological polar surface area (TPSA) is 225 Å². The summed E-state index contributed by atoms with van der Waals surface area (Å²) in [4.78, 5) is 45.1. The SMILES string of the molecule is CC(=O)OCC1OC(Br)C(OC(C)=O)C(OC(C)=O)C1OC(C)=O.OCC1OC(O)C(O)C(O)C1O. The van der Waals surface area contributed by atoms with E-state index < -0.39 is 90.6 Å². The molecule has 0 radical (unpaired) electrons. The third kappa shape index (κ3) is 9.51. The van der Waals surface area contributed by atoms with Crippen molar-refractivity contribution in [3.05, 3.63) is 0 Å². The van der Waals surface area contributed by atoms with Crippen molar-refractivity contribution in [2.75, 3.05) is 13.2 Å². The molecule has 16 heteroatoms. The van der Waals surface area contributed by atoms with Gasteiger partial charge in [0, 0.05) is 27.7 Å². The van der Waals surface area contributed by atoms with E-state index in [1.54, 1.807) is 0 Å². The highest BCUT2D eigenvalue weighted by atomic mass is 79.9. The molecule has 2 aliphatic rings. The Labute approximate surface area is 214 Å². The molecule has 0 aromatic heterocycles. The van der Waals surface area contributed by atoms with E-state index in [1.165, 1.54) is 13.8 Å². The minimum absolute atomic E-state index is 0.236. The number of hydrogen-bond acceptors (Lipinski definition) is 15. The van der Waals surface area contributed by atoms with Crippen LogP contribution in [0.2, 0.25) is 0 Å². The van der Waals surface area contributed by atoms with Crippen LogP contribution in [0.25, 0.3) is 0 Å². The van der Waals surface area contributed by atoms with Crippen LogP contribution < -0.4 is 0 Å². The number of rotatable bonds is 6. The summed E-state index contributed by atoms with van der Waals surface area (Å²) >= 11 is 3.18. The normalized spacial score (nSPS) is 35.9. The van der Waals surface area contributed by atoms with Gasteiger partial charge in [0.2, 0.25) is 0 Å². The van der Waals surface area contributed by atoms with E-state index in [-0.39, 0.29) is 6.61 Å². The zero-order chi connectivity index (χ0) is 27.7. The first kappa shape index (κ1) is 32.1. The lowest BCUT2D eigenvalue weighted by Gasteiger charge is -2.42. The number of ether oxygens (including phenoxy) is 6. The monoisotopic (exact) mass is 590 g/mol. The summed E-state index contributed by atoms with van der Waals surface area (Å²) in [6.07, 6.45) is -11.3. The van der Waals surface area contributed by atoms with Crippen molar-refractivity contribution in [3.8, 4) is 0 Å². The molecule has 10 unspecified atom stereocenters. The Morgan fingerprint density at radius 1 is 0.694 bits per heavy atom. The van der Waals surface area contributed by atoms with Gasteiger partial charge in [0.25, 0.3) is 0 Å². The van der Waals surface area contributed by atoms with Gasteiger partial charge in [0.15, 0.2) is 29.6 Å². The highest BCUT2D eigenvalue weighted by molar-refractivity contribution is 9.09. The Morgan fingerprint density at radius 3 is 1.67 bits per heavy atom. The van der Waals surface area contributed by atoms with Crippen molar-refractivity contribution < 1.29 is 73.1 Å². The predicted octanol–water partition coefficient (Wildman–Crippen LogP) is -2.76. The molecule has 0 aromatic rings. The number of halogens is 1. The van der Waals surface area contributed by atoms with E-state index in [9.17, 15) is 19.2 Å². The van der Waals surface area contributed by atoms with Crippen LogP contribution in [0.4, 0.5) is 0 Å². The fourth-order valence-corrected chi connectivity index (χ4v) is 3.94. The molecule has 0 aromatic carbocycles. The molecule has 2 heterocycles. The average molecular weight is 591 g/mol. The predicted molar refractivity (Wildman–Crippen MR) is 117 cm³/mol. The molecular formula is C20H31BrO15. The second-order valence-corrected chi connectivity index (χ2v) is 8.67. The molecular weight excluding hydrogens is 560 g/mol. The van der Waals surface area contributed by atoms with Gasteiger partial charge >= 0.3 is 23.9 Å². The van der Waals surface area contributed by atoms with E-state index in [1.807, 2.05) is 0 Å². The Kier molecular flexibility index (Phi) is 13.1. The zero-order valence-electron chi connectivity index (χ0n) is 19.9. The van der Waals surface area contributed by atoms with Gasteiger partial charge in [-0.05, 0) is 0 Å². The highest BCUT2D eigenvalue weighted by Crippen LogP contribution is 2.31. The molecule has 2 saturated heterocycles. The molecule has 36 heavy (non-hydrogen) atoms. The van der Waals surface area contributed by atoms with E-state index in [0.717, 1.165) is 13.8 Å². The largest absolute Gasteiger partial charge is 0.463 e. The third-order valence-electron chi connectivity index (χ3n) is 4.80. The Balaban J connectivity index is 0.000000450. The van der Waals surface area contributed by atoms with Gasteiger partial charge in [-0.3, -0.25) is 19.2 Å². The summed E-state index contributed by atoms with van der Waals surface area (Å²) in [5, 5.41) is 43.8. The summed E-state index contributed by atoms with van der Waals surface area (Å²) in [6.45, 7) is 3.95. The standard InChI is InChI=1S/C14H19BrO9.C6H12O6/c1-6(16)20-5-10-11(21-7(2)17)12(22-8(3)18)13(14(15)24-10)23-9(4)19;7-1-2-3(8)4(9)5(10)6(11)12-2/h10-14H,5H2,1-4H3;2-11H,1H2. The second-order valence-electron chi connectivity index (χ2n) is 7.77. The minimum Gasteiger partial charge on any atom is -0.463 e. The molecule has 2 aliphatic heterocycles. The van der Waals surface area contributed by atoms with E-state index >= 15 is 0 Å². The second kappa shape index (κ2) is 14.7. The summed E-state index contributed by atoms with van der Waals surface area (Å²) in [6, 6.07) is 0. The molecule has 208 valence electrons. The summed E-state index contributed by atoms with van der Waals surface area (Å²) in [7, 11) is 0. The van der Waals surface area contributed by atoms with E-state index in [4.69, 9.17) is 49.2 Å². The van der Waals surface area contributed by atoms with Crippen LogP contribution in [0.1, 0.15) is 27.7 Å². The fraction of sp³-hybridized carbons (Fsp3) is 0.800. The van der Waals surface area contributed by atoms with Crippen LogP contribution in [0.3, 0.4) is 0 Å². The number of alkyl halides is 1. The van der Waals surface area contributed by atoms with Gasteiger partial charge in [-0.25, -0.2) is 0 Å². The number of aliphatic hydroxyl groups is 5. The minimum atomic E-state index is -1.57. The van der Waals surface area contributed by atoms with E-state index in [2.05, 4.69) is 20.7 Å². The first-order chi connectivity index (χ1) is 16.7. The maximum Gasteiger partial charge on any atom is 0.303 e. The van der Waals surface area contributed by atoms with Crippen molar-refractivity contribution >= 4 is 39.8 Å². The summed E-state index contributed by atoms with van der Waals surface area (Å²) in [5.74, 6) is -2.52. The molecule has 5 N–H and O–H groups in total. The molecule has 0 amide bonds. The highest BCUT2D eigenvalue weighted by Gasteiger charge is 2.51. The smallest absolute Gasteiger partial charge is 0.303 e. The molecule has 0 saturated carbocycles. The van der Waals surface area contributed by atoms with Crippen LogP contribution in [-0.4, -0.2) is 123 Å². The quantitative estimate of drug-likeness (QED) is 0.120. The van der Waals surface area contributed by atoms with Crippen molar-refractivity contribution in [2.24, 2.45) is 0 Å². The number of carbonyl (C=O) groups excluding carboxylic acids is 4. The summed E-state index contributed by atoms with van der Waals surface area (Å²) in [5.41, 5.74) is 0. The van der Waals surface area contributed by atoms with Crippen LogP contribution >= 0.6 is 15.9 Å². The zero-order valence-corrected chi connectivity index (χ0v) is 21.5. The number of carbonyl (C=O) groups is 4. The van der Waals surface area contributed by atoms with Gasteiger partial charge in [-0.2, -0.15) is 0 Å². The van der Waals surface area contributed by atoms with E-state index in [0.29, 0.717) is 0 Å². The molecule has 0 aliphatic carbocycles. The van der Waals surface area contributed by atoms with Gasteiger partial charge in [0.1, 0.15) is 37.1 Å². The van der Waals surface area contributed by atoms with Crippen molar-refractivity contribution in [3.63, 3.8) is 0 Å². The molecule has 15 nitrogen and oxygen atoms in total. The fourth-order valence-electron chi connectivity index (χ4n) is 3.26. The van der Waals surface area contributed by atoms with Crippen molar-refractivity contribution in [2.45, 2.75) is 87.8 Å². The van der Waals surface area contributed by atoms with Crippen molar-refractivity contribution in [1.29, 1.82) is 0 Å².